The largest absolute Gasteiger partial charge is 0.504 e. The summed E-state index contributed by atoms with van der Waals surface area (Å²) in [5, 5.41) is 13.6. The van der Waals surface area contributed by atoms with Crippen LogP contribution in [0, 0.1) is 4.91 Å². The Hall–Kier alpha value is -1.62. The highest BCUT2D eigenvalue weighted by molar-refractivity contribution is 7.23. The van der Waals surface area contributed by atoms with E-state index in [0.29, 0.717) is 5.39 Å². The van der Waals surface area contributed by atoms with Gasteiger partial charge in [0.1, 0.15) is 0 Å². The zero-order valence-corrected chi connectivity index (χ0v) is 10.6. The van der Waals surface area contributed by atoms with Crippen molar-refractivity contribution in [3.8, 4) is 5.75 Å². The summed E-state index contributed by atoms with van der Waals surface area (Å²) < 4.78 is 0.920. The summed E-state index contributed by atoms with van der Waals surface area (Å²) in [4.78, 5) is 12.8. The second-order valence-electron chi connectivity index (χ2n) is 3.67. The van der Waals surface area contributed by atoms with E-state index in [1.807, 2.05) is 18.2 Å². The minimum Gasteiger partial charge on any atom is -0.504 e. The third kappa shape index (κ3) is 1.86. The Balaban J connectivity index is 2.68. The Morgan fingerprint density at radius 2 is 2.06 bits per heavy atom. The van der Waals surface area contributed by atoms with Crippen LogP contribution in [0.1, 0.15) is 13.8 Å². The molecule has 1 aromatic heterocycles. The first-order chi connectivity index (χ1) is 8.22. The first kappa shape index (κ1) is 11.9. The molecule has 0 atom stereocenters. The fourth-order valence-corrected chi connectivity index (χ4v) is 2.97. The Kier molecular flexibility index (Phi) is 3.28. The second kappa shape index (κ2) is 4.71. The second-order valence-corrected chi connectivity index (χ2v) is 4.67. The summed E-state index contributed by atoms with van der Waals surface area (Å²) in [6.45, 7) is 5.93. The van der Waals surface area contributed by atoms with Gasteiger partial charge in [0.25, 0.3) is 0 Å². The molecule has 0 saturated heterocycles. The lowest BCUT2D eigenvalue weighted by Gasteiger charge is -2.21. The molecule has 0 amide bonds. The van der Waals surface area contributed by atoms with Crippen LogP contribution in [-0.4, -0.2) is 18.2 Å². The van der Waals surface area contributed by atoms with Gasteiger partial charge in [-0.3, -0.25) is 0 Å². The van der Waals surface area contributed by atoms with Crippen molar-refractivity contribution in [3.05, 3.63) is 23.1 Å². The molecule has 0 spiro atoms. The van der Waals surface area contributed by atoms with Crippen LogP contribution in [0.5, 0.6) is 5.75 Å². The molecule has 1 heterocycles. The molecule has 4 nitrogen and oxygen atoms in total. The van der Waals surface area contributed by atoms with Crippen molar-refractivity contribution in [2.45, 2.75) is 13.8 Å². The smallest absolute Gasteiger partial charge is 0.203 e. The van der Waals surface area contributed by atoms with E-state index in [9.17, 15) is 10.0 Å². The van der Waals surface area contributed by atoms with E-state index < -0.39 is 0 Å². The van der Waals surface area contributed by atoms with Crippen LogP contribution in [0.2, 0.25) is 0 Å². The third-order valence-corrected chi connectivity index (χ3v) is 3.93. The van der Waals surface area contributed by atoms with Gasteiger partial charge in [-0.05, 0) is 31.2 Å². The van der Waals surface area contributed by atoms with Crippen LogP contribution in [-0.2, 0) is 0 Å². The van der Waals surface area contributed by atoms with Crippen molar-refractivity contribution in [2.24, 2.45) is 5.18 Å². The van der Waals surface area contributed by atoms with Gasteiger partial charge in [-0.2, -0.15) is 0 Å². The van der Waals surface area contributed by atoms with Crippen LogP contribution in [0.15, 0.2) is 23.4 Å². The van der Waals surface area contributed by atoms with Crippen molar-refractivity contribution in [1.29, 1.82) is 0 Å². The molecule has 0 bridgehead atoms. The third-order valence-electron chi connectivity index (χ3n) is 2.84. The van der Waals surface area contributed by atoms with Gasteiger partial charge in [-0.1, -0.05) is 6.07 Å². The van der Waals surface area contributed by atoms with E-state index in [1.54, 1.807) is 0 Å². The van der Waals surface area contributed by atoms with Crippen molar-refractivity contribution in [1.82, 2.24) is 0 Å². The summed E-state index contributed by atoms with van der Waals surface area (Å²) in [5.74, 6) is -0.00555. The van der Waals surface area contributed by atoms with E-state index in [-0.39, 0.29) is 10.8 Å². The molecular formula is C12H14N2O2S. The molecule has 0 radical (unpaired) electrons. The zero-order valence-electron chi connectivity index (χ0n) is 9.80. The van der Waals surface area contributed by atoms with Gasteiger partial charge < -0.3 is 10.0 Å². The standard InChI is InChI=1S/C12H14N2O2S/c1-3-14(4-2)9-7-5-6-8-10(15)12(13-16)17-11(8)9/h5-7,15H,3-4H2,1-2H3. The lowest BCUT2D eigenvalue weighted by atomic mass is 10.2. The lowest BCUT2D eigenvalue weighted by Crippen LogP contribution is -2.21. The van der Waals surface area contributed by atoms with Gasteiger partial charge in [-0.15, -0.1) is 16.2 Å². The molecule has 17 heavy (non-hydrogen) atoms. The quantitative estimate of drug-likeness (QED) is 0.838. The van der Waals surface area contributed by atoms with Crippen LogP contribution >= 0.6 is 11.3 Å². The fourth-order valence-electron chi connectivity index (χ4n) is 1.95. The highest BCUT2D eigenvalue weighted by Gasteiger charge is 2.16. The van der Waals surface area contributed by atoms with Crippen molar-refractivity contribution in [3.63, 3.8) is 0 Å². The summed E-state index contributed by atoms with van der Waals surface area (Å²) in [6, 6.07) is 5.69. The highest BCUT2D eigenvalue weighted by Crippen LogP contribution is 2.46. The molecular weight excluding hydrogens is 236 g/mol. The normalized spacial score (nSPS) is 10.7. The first-order valence-electron chi connectivity index (χ1n) is 5.55. The molecule has 0 fully saturated rings. The summed E-state index contributed by atoms with van der Waals surface area (Å²) in [6.07, 6.45) is 0. The maximum Gasteiger partial charge on any atom is 0.203 e. The highest BCUT2D eigenvalue weighted by atomic mass is 32.1. The maximum atomic E-state index is 10.6. The topological polar surface area (TPSA) is 52.9 Å². The summed E-state index contributed by atoms with van der Waals surface area (Å²) in [5.41, 5.74) is 1.04. The minimum atomic E-state index is -0.00555. The Morgan fingerprint density at radius 1 is 1.35 bits per heavy atom. The molecule has 1 N–H and O–H groups in total. The van der Waals surface area contributed by atoms with E-state index >= 15 is 0 Å². The molecule has 2 aromatic rings. The SMILES string of the molecule is CCN(CC)c1cccc2c(O)c(N=O)sc12. The van der Waals surface area contributed by atoms with Crippen molar-refractivity contribution in [2.75, 3.05) is 18.0 Å². The minimum absolute atomic E-state index is 0.00555. The number of nitrogens with zero attached hydrogens (tertiary/aromatic N) is 2. The molecule has 2 rings (SSSR count). The van der Waals surface area contributed by atoms with Crippen LogP contribution in [0.3, 0.4) is 0 Å². The first-order valence-corrected chi connectivity index (χ1v) is 6.37. The molecule has 0 aliphatic rings. The number of thiophene rings is 1. The predicted octanol–water partition coefficient (Wildman–Crippen LogP) is 3.85. The maximum absolute atomic E-state index is 10.6. The van der Waals surface area contributed by atoms with Gasteiger partial charge in [0, 0.05) is 18.5 Å². The van der Waals surface area contributed by atoms with Gasteiger partial charge >= 0.3 is 0 Å². The Bertz CT molecular complexity index is 547. The van der Waals surface area contributed by atoms with E-state index in [2.05, 4.69) is 23.9 Å². The number of hydrogen-bond donors (Lipinski definition) is 1. The van der Waals surface area contributed by atoms with Crippen LogP contribution in [0.4, 0.5) is 10.7 Å². The van der Waals surface area contributed by atoms with E-state index in [0.717, 1.165) is 23.5 Å². The summed E-state index contributed by atoms with van der Waals surface area (Å²) >= 11 is 1.24. The monoisotopic (exact) mass is 250 g/mol. The number of nitroso groups, excluding NO2 is 1. The molecule has 1 aromatic carbocycles. The fraction of sp³-hybridized carbons (Fsp3) is 0.333. The van der Waals surface area contributed by atoms with E-state index in [1.165, 1.54) is 11.3 Å². The molecule has 0 saturated carbocycles. The average molecular weight is 250 g/mol. The number of hydrogen-bond acceptors (Lipinski definition) is 5. The zero-order chi connectivity index (χ0) is 12.4. The number of fused-ring (bicyclic) bond motifs is 1. The molecule has 0 aliphatic heterocycles. The number of aromatic hydroxyl groups is 1. The number of rotatable bonds is 4. The Morgan fingerprint density at radius 3 is 2.65 bits per heavy atom. The lowest BCUT2D eigenvalue weighted by molar-refractivity contribution is 0.485. The van der Waals surface area contributed by atoms with Gasteiger partial charge in [0.05, 0.1) is 10.4 Å². The van der Waals surface area contributed by atoms with E-state index in [4.69, 9.17) is 0 Å². The van der Waals surface area contributed by atoms with Gasteiger partial charge in [-0.25, -0.2) is 0 Å². The van der Waals surface area contributed by atoms with Crippen molar-refractivity contribution < 1.29 is 5.11 Å². The number of benzene rings is 1. The van der Waals surface area contributed by atoms with Gasteiger partial charge in [0.2, 0.25) is 5.00 Å². The van der Waals surface area contributed by atoms with Crippen LogP contribution < -0.4 is 4.90 Å². The summed E-state index contributed by atoms with van der Waals surface area (Å²) in [7, 11) is 0. The molecule has 0 aliphatic carbocycles. The predicted molar refractivity (Wildman–Crippen MR) is 72.5 cm³/mol. The molecule has 90 valence electrons. The average Bonchev–Trinajstić information content (AvgIpc) is 2.69. The number of anilines is 1. The van der Waals surface area contributed by atoms with Crippen LogP contribution in [0.25, 0.3) is 10.1 Å². The molecule has 0 unspecified atom stereocenters. The Labute approximate surface area is 103 Å². The molecule has 5 heteroatoms. The van der Waals surface area contributed by atoms with Gasteiger partial charge in [0.15, 0.2) is 5.75 Å². The van der Waals surface area contributed by atoms with Crippen molar-refractivity contribution >= 4 is 32.1 Å².